The van der Waals surface area contributed by atoms with Crippen LogP contribution in [0.4, 0.5) is 0 Å². The molecule has 1 aromatic rings. The van der Waals surface area contributed by atoms with E-state index in [2.05, 4.69) is 50.9 Å². The van der Waals surface area contributed by atoms with Crippen molar-refractivity contribution in [2.45, 2.75) is 25.9 Å². The largest absolute Gasteiger partial charge is 0.379 e. The molecule has 1 unspecified atom stereocenters. The van der Waals surface area contributed by atoms with Crippen molar-refractivity contribution >= 4 is 31.9 Å². The third-order valence-electron chi connectivity index (χ3n) is 2.55. The summed E-state index contributed by atoms with van der Waals surface area (Å²) in [6.45, 7) is 4.29. The molecule has 0 spiro atoms. The zero-order chi connectivity index (χ0) is 13.2. The number of alkyl halides is 1. The monoisotopic (exact) mass is 378 g/mol. The Morgan fingerprint density at radius 3 is 2.72 bits per heavy atom. The quantitative estimate of drug-likeness (QED) is 0.456. The Bertz CT molecular complexity index is 331. The Kier molecular flexibility index (Phi) is 8.94. The summed E-state index contributed by atoms with van der Waals surface area (Å²) in [5.41, 5.74) is 1.18. The molecule has 0 aliphatic heterocycles. The van der Waals surface area contributed by atoms with E-state index < -0.39 is 0 Å². The van der Waals surface area contributed by atoms with Crippen LogP contribution in [0.1, 0.15) is 31.4 Å². The summed E-state index contributed by atoms with van der Waals surface area (Å²) in [4.78, 5) is 0. The lowest BCUT2D eigenvalue weighted by Gasteiger charge is -2.16. The van der Waals surface area contributed by atoms with Gasteiger partial charge in [-0.25, -0.2) is 0 Å². The average Bonchev–Trinajstić information content (AvgIpc) is 2.38. The van der Waals surface area contributed by atoms with Crippen molar-refractivity contribution in [2.24, 2.45) is 0 Å². The van der Waals surface area contributed by atoms with Crippen LogP contribution >= 0.6 is 31.9 Å². The van der Waals surface area contributed by atoms with Crippen LogP contribution in [0.2, 0.25) is 0 Å². The summed E-state index contributed by atoms with van der Waals surface area (Å²) in [5.74, 6) is 0. The van der Waals surface area contributed by atoms with Gasteiger partial charge in [0.15, 0.2) is 0 Å². The predicted molar refractivity (Wildman–Crippen MR) is 82.4 cm³/mol. The summed E-state index contributed by atoms with van der Waals surface area (Å²) < 4.78 is 12.4. The molecule has 0 aliphatic rings. The first-order valence-electron chi connectivity index (χ1n) is 6.28. The van der Waals surface area contributed by atoms with Crippen LogP contribution in [0.3, 0.4) is 0 Å². The highest BCUT2D eigenvalue weighted by atomic mass is 79.9. The first-order chi connectivity index (χ1) is 8.77. The van der Waals surface area contributed by atoms with E-state index in [0.717, 1.165) is 22.8 Å². The fourth-order valence-electron chi connectivity index (χ4n) is 1.53. The molecule has 0 radical (unpaired) electrons. The van der Waals surface area contributed by atoms with E-state index in [4.69, 9.17) is 9.47 Å². The SMILES string of the molecule is CCCCOCCOC(CBr)c1cccc(Br)c1. The molecule has 1 atom stereocenters. The number of halogens is 2. The highest BCUT2D eigenvalue weighted by Crippen LogP contribution is 2.22. The predicted octanol–water partition coefficient (Wildman–Crippen LogP) is 4.72. The molecule has 18 heavy (non-hydrogen) atoms. The molecule has 4 heteroatoms. The first kappa shape index (κ1) is 16.2. The Balaban J connectivity index is 2.29. The molecule has 2 nitrogen and oxygen atoms in total. The number of benzene rings is 1. The summed E-state index contributed by atoms with van der Waals surface area (Å²) >= 11 is 6.96. The zero-order valence-electron chi connectivity index (χ0n) is 10.7. The number of rotatable bonds is 9. The minimum Gasteiger partial charge on any atom is -0.379 e. The van der Waals surface area contributed by atoms with Crippen LogP contribution in [0, 0.1) is 0 Å². The Morgan fingerprint density at radius 1 is 1.22 bits per heavy atom. The van der Waals surface area contributed by atoms with Gasteiger partial charge in [0.05, 0.1) is 19.3 Å². The molecule has 0 heterocycles. The minimum absolute atomic E-state index is 0.0808. The van der Waals surface area contributed by atoms with Crippen molar-refractivity contribution in [1.29, 1.82) is 0 Å². The van der Waals surface area contributed by atoms with Crippen LogP contribution < -0.4 is 0 Å². The van der Waals surface area contributed by atoms with Crippen molar-refractivity contribution in [1.82, 2.24) is 0 Å². The zero-order valence-corrected chi connectivity index (χ0v) is 13.9. The van der Waals surface area contributed by atoms with Gasteiger partial charge in [0.1, 0.15) is 0 Å². The lowest BCUT2D eigenvalue weighted by molar-refractivity contribution is 0.0133. The molecular weight excluding hydrogens is 360 g/mol. The lowest BCUT2D eigenvalue weighted by Crippen LogP contribution is -2.11. The molecule has 0 aliphatic carbocycles. The maximum absolute atomic E-state index is 5.82. The Labute approximate surface area is 126 Å². The van der Waals surface area contributed by atoms with Crippen LogP contribution in [-0.2, 0) is 9.47 Å². The number of hydrogen-bond acceptors (Lipinski definition) is 2. The molecule has 0 saturated heterocycles. The van der Waals surface area contributed by atoms with E-state index in [9.17, 15) is 0 Å². The van der Waals surface area contributed by atoms with E-state index in [0.29, 0.717) is 13.2 Å². The van der Waals surface area contributed by atoms with Gasteiger partial charge < -0.3 is 9.47 Å². The molecule has 0 fully saturated rings. The fraction of sp³-hybridized carbons (Fsp3) is 0.571. The fourth-order valence-corrected chi connectivity index (χ4v) is 2.51. The maximum atomic E-state index is 5.82. The van der Waals surface area contributed by atoms with Crippen LogP contribution in [0.5, 0.6) is 0 Å². The first-order valence-corrected chi connectivity index (χ1v) is 8.20. The third kappa shape index (κ3) is 6.32. The molecule has 0 amide bonds. The van der Waals surface area contributed by atoms with Gasteiger partial charge >= 0.3 is 0 Å². The van der Waals surface area contributed by atoms with E-state index in [1.165, 1.54) is 12.0 Å². The number of ether oxygens (including phenoxy) is 2. The number of hydrogen-bond donors (Lipinski definition) is 0. The van der Waals surface area contributed by atoms with Gasteiger partial charge in [0, 0.05) is 16.4 Å². The van der Waals surface area contributed by atoms with Crippen molar-refractivity contribution in [3.63, 3.8) is 0 Å². The van der Waals surface area contributed by atoms with Gasteiger partial charge in [-0.2, -0.15) is 0 Å². The lowest BCUT2D eigenvalue weighted by atomic mass is 10.1. The summed E-state index contributed by atoms with van der Waals surface area (Å²) in [5, 5.41) is 0.790. The standard InChI is InChI=1S/C14H20Br2O2/c1-2-3-7-17-8-9-18-14(11-15)12-5-4-6-13(16)10-12/h4-6,10,14H,2-3,7-9,11H2,1H3. The van der Waals surface area contributed by atoms with Gasteiger partial charge in [-0.05, 0) is 24.1 Å². The molecule has 0 aromatic heterocycles. The molecular formula is C14H20Br2O2. The Hall–Kier alpha value is 0.1000. The second kappa shape index (κ2) is 9.96. The molecule has 1 rings (SSSR count). The van der Waals surface area contributed by atoms with Gasteiger partial charge in [-0.3, -0.25) is 0 Å². The highest BCUT2D eigenvalue weighted by molar-refractivity contribution is 9.10. The van der Waals surface area contributed by atoms with Gasteiger partial charge in [-0.15, -0.1) is 0 Å². The molecule has 0 saturated carbocycles. The second-order valence-electron chi connectivity index (χ2n) is 4.03. The molecule has 0 N–H and O–H groups in total. The Morgan fingerprint density at radius 2 is 2.06 bits per heavy atom. The van der Waals surface area contributed by atoms with Crippen LogP contribution in [-0.4, -0.2) is 25.2 Å². The smallest absolute Gasteiger partial charge is 0.0923 e. The molecule has 1 aromatic carbocycles. The van der Waals surface area contributed by atoms with Crippen LogP contribution in [0.25, 0.3) is 0 Å². The van der Waals surface area contributed by atoms with Crippen molar-refractivity contribution in [2.75, 3.05) is 25.2 Å². The van der Waals surface area contributed by atoms with E-state index >= 15 is 0 Å². The number of unbranched alkanes of at least 4 members (excludes halogenated alkanes) is 1. The highest BCUT2D eigenvalue weighted by Gasteiger charge is 2.10. The minimum atomic E-state index is 0.0808. The van der Waals surface area contributed by atoms with Gasteiger partial charge in [0.2, 0.25) is 0 Å². The second-order valence-corrected chi connectivity index (χ2v) is 5.60. The molecule has 0 bridgehead atoms. The van der Waals surface area contributed by atoms with E-state index in [1.807, 2.05) is 12.1 Å². The van der Waals surface area contributed by atoms with Crippen molar-refractivity contribution in [3.8, 4) is 0 Å². The average molecular weight is 380 g/mol. The van der Waals surface area contributed by atoms with Crippen LogP contribution in [0.15, 0.2) is 28.7 Å². The van der Waals surface area contributed by atoms with Gasteiger partial charge in [0.25, 0.3) is 0 Å². The van der Waals surface area contributed by atoms with Gasteiger partial charge in [-0.1, -0.05) is 57.3 Å². The van der Waals surface area contributed by atoms with E-state index in [1.54, 1.807) is 0 Å². The summed E-state index contributed by atoms with van der Waals surface area (Å²) in [6.07, 6.45) is 2.37. The van der Waals surface area contributed by atoms with E-state index in [-0.39, 0.29) is 6.10 Å². The normalized spacial score (nSPS) is 12.6. The summed E-state index contributed by atoms with van der Waals surface area (Å²) in [7, 11) is 0. The van der Waals surface area contributed by atoms with Crippen molar-refractivity contribution < 1.29 is 9.47 Å². The maximum Gasteiger partial charge on any atom is 0.0923 e. The summed E-state index contributed by atoms with van der Waals surface area (Å²) in [6, 6.07) is 8.21. The molecule has 102 valence electrons. The van der Waals surface area contributed by atoms with Crippen molar-refractivity contribution in [3.05, 3.63) is 34.3 Å². The third-order valence-corrected chi connectivity index (χ3v) is 3.63. The topological polar surface area (TPSA) is 18.5 Å².